The molecule has 4 rings (SSSR count). The lowest BCUT2D eigenvalue weighted by molar-refractivity contribution is -0.134. The summed E-state index contributed by atoms with van der Waals surface area (Å²) in [6.45, 7) is 1.52. The van der Waals surface area contributed by atoms with E-state index in [1.165, 1.54) is 12.5 Å². The van der Waals surface area contributed by atoms with Crippen molar-refractivity contribution in [2.75, 3.05) is 13.1 Å². The Morgan fingerprint density at radius 3 is 2.05 bits per heavy atom. The molecule has 0 radical (unpaired) electrons. The average Bonchev–Trinajstić information content (AvgIpc) is 3.84. The first-order chi connectivity index (χ1) is 26.9. The molecule has 0 aliphatic carbocycles. The summed E-state index contributed by atoms with van der Waals surface area (Å²) in [6, 6.07) is 11.7. The van der Waals surface area contributed by atoms with Crippen LogP contribution in [-0.4, -0.2) is 93.6 Å². The highest BCUT2D eigenvalue weighted by molar-refractivity contribution is 5.96. The molecule has 56 heavy (non-hydrogen) atoms. The zero-order valence-corrected chi connectivity index (χ0v) is 31.2. The summed E-state index contributed by atoms with van der Waals surface area (Å²) < 4.78 is 0. The summed E-state index contributed by atoms with van der Waals surface area (Å²) in [7, 11) is 0. The number of para-hydroxylation sites is 1. The lowest BCUT2D eigenvalue weighted by atomic mass is 10.0. The fourth-order valence-corrected chi connectivity index (χ4v) is 5.99. The summed E-state index contributed by atoms with van der Waals surface area (Å²) in [5.41, 5.74) is 19.1. The van der Waals surface area contributed by atoms with Crippen molar-refractivity contribution in [3.05, 3.63) is 90.1 Å². The van der Waals surface area contributed by atoms with E-state index < -0.39 is 60.2 Å². The number of hydrogen-bond acceptors (Lipinski definition) is 8. The Kier molecular flexibility index (Phi) is 15.9. The number of nitrogens with one attached hydrogen (secondary N) is 7. The molecule has 6 amide bonds. The van der Waals surface area contributed by atoms with Crippen molar-refractivity contribution >= 4 is 52.3 Å². The monoisotopic (exact) mass is 770 g/mol. The lowest BCUT2D eigenvalue weighted by Crippen LogP contribution is -2.59. The molecule has 4 aromatic rings. The molecule has 2 heterocycles. The van der Waals surface area contributed by atoms with E-state index in [-0.39, 0.29) is 56.9 Å². The zero-order chi connectivity index (χ0) is 40.5. The van der Waals surface area contributed by atoms with Crippen LogP contribution >= 0.6 is 0 Å². The first kappa shape index (κ1) is 42.0. The zero-order valence-electron chi connectivity index (χ0n) is 31.2. The molecule has 0 unspecified atom stereocenters. The molecule has 2 aromatic heterocycles. The molecule has 298 valence electrons. The van der Waals surface area contributed by atoms with Gasteiger partial charge in [-0.2, -0.15) is 0 Å². The quantitative estimate of drug-likeness (QED) is 0.0275. The lowest BCUT2D eigenvalue weighted by Gasteiger charge is -2.26. The number of amides is 6. The number of imidazole rings is 1. The van der Waals surface area contributed by atoms with Gasteiger partial charge in [0.2, 0.25) is 35.4 Å². The number of rotatable bonds is 22. The first-order valence-corrected chi connectivity index (χ1v) is 18.3. The third-order valence-corrected chi connectivity index (χ3v) is 8.77. The Labute approximate surface area is 323 Å². The smallest absolute Gasteiger partial charge is 0.243 e. The van der Waals surface area contributed by atoms with Gasteiger partial charge in [0.05, 0.1) is 12.9 Å². The Bertz CT molecular complexity index is 1960. The fourth-order valence-electron chi connectivity index (χ4n) is 5.99. The maximum absolute atomic E-state index is 14.2. The van der Waals surface area contributed by atoms with E-state index in [0.717, 1.165) is 16.5 Å². The molecule has 13 N–H and O–H groups in total. The van der Waals surface area contributed by atoms with Gasteiger partial charge in [-0.05, 0) is 36.5 Å². The summed E-state index contributed by atoms with van der Waals surface area (Å²) >= 11 is 0. The van der Waals surface area contributed by atoms with E-state index >= 15 is 0 Å². The third kappa shape index (κ3) is 13.3. The van der Waals surface area contributed by atoms with Crippen molar-refractivity contribution in [1.29, 1.82) is 0 Å². The summed E-state index contributed by atoms with van der Waals surface area (Å²) in [6.07, 6.45) is 5.90. The van der Waals surface area contributed by atoms with E-state index in [1.807, 2.05) is 37.3 Å². The fraction of sp³-hybridized carbons (Fsp3) is 0.368. The van der Waals surface area contributed by atoms with Gasteiger partial charge >= 0.3 is 0 Å². The Balaban J connectivity index is 1.60. The van der Waals surface area contributed by atoms with Crippen molar-refractivity contribution in [1.82, 2.24) is 41.5 Å². The number of primary amides is 1. The maximum atomic E-state index is 14.2. The summed E-state index contributed by atoms with van der Waals surface area (Å²) in [5.74, 6) is -3.97. The predicted molar refractivity (Wildman–Crippen MR) is 209 cm³/mol. The highest BCUT2D eigenvalue weighted by Crippen LogP contribution is 2.19. The molecule has 18 nitrogen and oxygen atoms in total. The highest BCUT2D eigenvalue weighted by Gasteiger charge is 2.32. The van der Waals surface area contributed by atoms with Crippen LogP contribution in [0.2, 0.25) is 0 Å². The SMILES string of the molecule is CCCC(=O)N[C@@H](Cc1cnc[nH]1)C(=O)N[C@@H](Cc1ccccc1)C(=O)N[C@@H](CCCN=C(N)N)C(=O)N[C@@H](Cc1c[nH]c2ccccc12)C(=O)NCC(N)=O. The van der Waals surface area contributed by atoms with Crippen LogP contribution in [0.4, 0.5) is 0 Å². The van der Waals surface area contributed by atoms with Crippen molar-refractivity contribution in [2.24, 2.45) is 22.2 Å². The molecule has 18 heteroatoms. The standard InChI is InChI=1S/C38H50N12O6/c1-2-9-33(52)47-31(18-25-20-42-22-46-25)37(56)49-29(16-23-10-4-3-5-11-23)36(55)48-28(14-8-15-43-38(40)41)35(54)50-30(34(53)45-21-32(39)51)17-24-19-44-27-13-7-6-12-26(24)27/h3-7,10-13,19-20,22,28-31,44H,2,8-9,14-18,21H2,1H3,(H2,39,51)(H,42,46)(H,45,53)(H,47,52)(H,48,55)(H,49,56)(H,50,54)(H4,40,41,43)/t28-,29-,30-,31-/m0/s1. The van der Waals surface area contributed by atoms with Crippen molar-refractivity contribution in [3.63, 3.8) is 0 Å². The minimum Gasteiger partial charge on any atom is -0.370 e. The van der Waals surface area contributed by atoms with E-state index in [0.29, 0.717) is 17.7 Å². The number of aromatic amines is 2. The van der Waals surface area contributed by atoms with Gasteiger partial charge in [0.1, 0.15) is 24.2 Å². The Morgan fingerprint density at radius 1 is 0.750 bits per heavy atom. The second-order valence-electron chi connectivity index (χ2n) is 13.2. The number of carbonyl (C=O) groups excluding carboxylic acids is 6. The van der Waals surface area contributed by atoms with Crippen molar-refractivity contribution in [3.8, 4) is 0 Å². The number of nitrogens with zero attached hydrogens (tertiary/aromatic N) is 2. The van der Waals surface area contributed by atoms with Crippen LogP contribution in [0.25, 0.3) is 10.9 Å². The predicted octanol–water partition coefficient (Wildman–Crippen LogP) is -0.687. The van der Waals surface area contributed by atoms with Crippen molar-refractivity contribution < 1.29 is 28.8 Å². The van der Waals surface area contributed by atoms with Gasteiger partial charge in [0.15, 0.2) is 5.96 Å². The number of hydrogen-bond donors (Lipinski definition) is 10. The number of aromatic nitrogens is 3. The number of guanidine groups is 1. The molecule has 2 aromatic carbocycles. The highest BCUT2D eigenvalue weighted by atomic mass is 16.2. The van der Waals surface area contributed by atoms with Gasteiger partial charge in [-0.3, -0.25) is 33.8 Å². The molecule has 4 atom stereocenters. The van der Waals surface area contributed by atoms with Gasteiger partial charge in [0.25, 0.3) is 0 Å². The van der Waals surface area contributed by atoms with Gasteiger partial charge < -0.3 is 53.8 Å². The molecule has 0 bridgehead atoms. The van der Waals surface area contributed by atoms with E-state index in [1.54, 1.807) is 30.5 Å². The molecule has 0 fully saturated rings. The van der Waals surface area contributed by atoms with Crippen LogP contribution in [0.3, 0.4) is 0 Å². The van der Waals surface area contributed by atoms with E-state index in [4.69, 9.17) is 17.2 Å². The third-order valence-electron chi connectivity index (χ3n) is 8.77. The van der Waals surface area contributed by atoms with Crippen LogP contribution in [0, 0.1) is 0 Å². The van der Waals surface area contributed by atoms with Crippen LogP contribution in [-0.2, 0) is 48.0 Å². The van der Waals surface area contributed by atoms with Gasteiger partial charge in [-0.1, -0.05) is 55.5 Å². The van der Waals surface area contributed by atoms with Crippen LogP contribution in [0.5, 0.6) is 0 Å². The summed E-state index contributed by atoms with van der Waals surface area (Å²) in [4.78, 5) is 93.7. The molecule has 0 saturated carbocycles. The van der Waals surface area contributed by atoms with Gasteiger partial charge in [-0.15, -0.1) is 0 Å². The number of aliphatic imine (C=N–C) groups is 1. The minimum absolute atomic E-state index is 0.0309. The van der Waals surface area contributed by atoms with E-state index in [9.17, 15) is 28.8 Å². The average molecular weight is 771 g/mol. The second kappa shape index (κ2) is 21.2. The Hall–Kier alpha value is -6.72. The molecule has 0 saturated heterocycles. The number of nitrogens with two attached hydrogens (primary N) is 3. The van der Waals surface area contributed by atoms with Gasteiger partial charge in [0, 0.05) is 61.2 Å². The second-order valence-corrected chi connectivity index (χ2v) is 13.2. The minimum atomic E-state index is -1.23. The number of benzene rings is 2. The van der Waals surface area contributed by atoms with Gasteiger partial charge in [-0.25, -0.2) is 4.98 Å². The first-order valence-electron chi connectivity index (χ1n) is 18.3. The molecule has 0 spiro atoms. The van der Waals surface area contributed by atoms with E-state index in [2.05, 4.69) is 46.5 Å². The largest absolute Gasteiger partial charge is 0.370 e. The van der Waals surface area contributed by atoms with Crippen LogP contribution in [0.1, 0.15) is 49.4 Å². The normalized spacial score (nSPS) is 13.0. The van der Waals surface area contributed by atoms with Crippen LogP contribution in [0.15, 0.2) is 78.3 Å². The van der Waals surface area contributed by atoms with Crippen LogP contribution < -0.4 is 43.8 Å². The molecular formula is C38H50N12O6. The maximum Gasteiger partial charge on any atom is 0.243 e. The summed E-state index contributed by atoms with van der Waals surface area (Å²) in [5, 5.41) is 14.3. The number of fused-ring (bicyclic) bond motifs is 1. The molecular weight excluding hydrogens is 720 g/mol. The Morgan fingerprint density at radius 2 is 1.39 bits per heavy atom. The number of H-pyrrole nitrogens is 2. The topological polar surface area (TPSA) is 297 Å². The van der Waals surface area contributed by atoms with Crippen molar-refractivity contribution in [2.45, 2.75) is 76.0 Å². The molecule has 0 aliphatic rings. The number of carbonyl (C=O) groups is 6. The molecule has 0 aliphatic heterocycles.